The van der Waals surface area contributed by atoms with Crippen LogP contribution in [-0.4, -0.2) is 28.9 Å². The normalized spacial score (nSPS) is 15.8. The fraction of sp³-hybridized carbons (Fsp3) is 0.667. The largest absolute Gasteiger partial charge is 0.503 e. The maximum absolute atomic E-state index is 10.2. The van der Waals surface area contributed by atoms with Gasteiger partial charge in [0.15, 0.2) is 0 Å². The van der Waals surface area contributed by atoms with Crippen molar-refractivity contribution in [1.29, 1.82) is 0 Å². The molecule has 5 nitrogen and oxygen atoms in total. The lowest BCUT2D eigenvalue weighted by Crippen LogP contribution is -2.10. The second-order valence-corrected chi connectivity index (χ2v) is 1.96. The summed E-state index contributed by atoms with van der Waals surface area (Å²) in [4.78, 5) is 18.8. The molecule has 1 aliphatic rings. The molecule has 0 spiro atoms. The third-order valence-electron chi connectivity index (χ3n) is 1.04. The minimum atomic E-state index is -1.83. The Labute approximate surface area is 63.6 Å². The van der Waals surface area contributed by atoms with Gasteiger partial charge in [-0.2, -0.15) is 0 Å². The van der Waals surface area contributed by atoms with Gasteiger partial charge in [-0.05, 0) is 12.8 Å². The van der Waals surface area contributed by atoms with Crippen molar-refractivity contribution in [2.24, 2.45) is 0 Å². The van der Waals surface area contributed by atoms with Gasteiger partial charge in [0, 0.05) is 6.42 Å². The van der Waals surface area contributed by atoms with Gasteiger partial charge in [-0.25, -0.2) is 4.79 Å². The Balaban J connectivity index is 0.000000218. The molecule has 0 radical (unpaired) electrons. The number of carbonyl (C=O) groups is 2. The van der Waals surface area contributed by atoms with E-state index in [4.69, 9.17) is 15.0 Å². The molecule has 0 saturated carbocycles. The van der Waals surface area contributed by atoms with Crippen molar-refractivity contribution < 1.29 is 24.5 Å². The van der Waals surface area contributed by atoms with E-state index in [0.717, 1.165) is 12.8 Å². The molecule has 11 heavy (non-hydrogen) atoms. The molecule has 1 rings (SSSR count). The molecule has 0 atom stereocenters. The van der Waals surface area contributed by atoms with Crippen molar-refractivity contribution in [2.45, 2.75) is 19.3 Å². The van der Waals surface area contributed by atoms with Crippen LogP contribution in [-0.2, 0) is 9.53 Å². The number of rotatable bonds is 0. The summed E-state index contributed by atoms with van der Waals surface area (Å²) in [5, 5.41) is 13.9. The molecule has 0 aromatic carbocycles. The lowest BCUT2D eigenvalue weighted by Gasteiger charge is -2.08. The summed E-state index contributed by atoms with van der Waals surface area (Å²) in [7, 11) is 0. The number of carboxylic acid groups (broad SMARTS) is 2. The molecule has 1 heterocycles. The summed E-state index contributed by atoms with van der Waals surface area (Å²) in [6.45, 7) is 0.638. The summed E-state index contributed by atoms with van der Waals surface area (Å²) in [5.74, 6) is -0.0359. The van der Waals surface area contributed by atoms with Crippen LogP contribution >= 0.6 is 0 Å². The predicted octanol–water partition coefficient (Wildman–Crippen LogP) is 0.936. The van der Waals surface area contributed by atoms with Gasteiger partial charge in [0.1, 0.15) is 0 Å². The number of ether oxygens (including phenoxy) is 1. The third kappa shape index (κ3) is 8.74. The molecule has 5 heteroatoms. The van der Waals surface area contributed by atoms with Gasteiger partial charge >= 0.3 is 12.1 Å². The van der Waals surface area contributed by atoms with E-state index in [0.29, 0.717) is 13.0 Å². The number of hydrogen-bond donors (Lipinski definition) is 2. The van der Waals surface area contributed by atoms with Gasteiger partial charge in [0.05, 0.1) is 6.61 Å². The Morgan fingerprint density at radius 1 is 1.36 bits per heavy atom. The average molecular weight is 162 g/mol. The third-order valence-corrected chi connectivity index (χ3v) is 1.04. The topological polar surface area (TPSA) is 83.8 Å². The molecule has 0 aromatic rings. The summed E-state index contributed by atoms with van der Waals surface area (Å²) in [6.07, 6.45) is 0.852. The Kier molecular flexibility index (Phi) is 4.89. The Bertz CT molecular complexity index is 130. The van der Waals surface area contributed by atoms with Crippen LogP contribution in [0.15, 0.2) is 0 Å². The molecule has 1 fully saturated rings. The van der Waals surface area contributed by atoms with Gasteiger partial charge in [-0.15, -0.1) is 0 Å². The number of cyclic esters (lactones) is 1. The Morgan fingerprint density at radius 3 is 2.09 bits per heavy atom. The molecular weight excluding hydrogens is 152 g/mol. The summed E-state index contributed by atoms with van der Waals surface area (Å²) < 4.78 is 4.64. The highest BCUT2D eigenvalue weighted by Crippen LogP contribution is 2.04. The van der Waals surface area contributed by atoms with E-state index in [1.807, 2.05) is 0 Å². The van der Waals surface area contributed by atoms with Crippen molar-refractivity contribution in [1.82, 2.24) is 0 Å². The predicted molar refractivity (Wildman–Crippen MR) is 35.5 cm³/mol. The van der Waals surface area contributed by atoms with Gasteiger partial charge in [0.2, 0.25) is 0 Å². The highest BCUT2D eigenvalue weighted by molar-refractivity contribution is 5.69. The molecule has 1 saturated heterocycles. The van der Waals surface area contributed by atoms with Crippen LogP contribution in [0.1, 0.15) is 19.3 Å². The maximum Gasteiger partial charge on any atom is 0.503 e. The molecule has 0 unspecified atom stereocenters. The zero-order chi connectivity index (χ0) is 8.69. The van der Waals surface area contributed by atoms with Gasteiger partial charge in [0.25, 0.3) is 0 Å². The SMILES string of the molecule is O=C(O)O.O=C1CCCCO1. The minimum Gasteiger partial charge on any atom is -0.466 e. The number of esters is 1. The molecule has 1 aliphatic heterocycles. The van der Waals surface area contributed by atoms with Crippen LogP contribution in [0.25, 0.3) is 0 Å². The minimum absolute atomic E-state index is 0.0359. The van der Waals surface area contributed by atoms with Crippen LogP contribution in [0.2, 0.25) is 0 Å². The first-order valence-electron chi connectivity index (χ1n) is 3.20. The number of hydrogen-bond acceptors (Lipinski definition) is 3. The van der Waals surface area contributed by atoms with Crippen LogP contribution in [0, 0.1) is 0 Å². The molecule has 0 aromatic heterocycles. The zero-order valence-electron chi connectivity index (χ0n) is 5.95. The molecular formula is C6H10O5. The lowest BCUT2D eigenvalue weighted by molar-refractivity contribution is -0.146. The van der Waals surface area contributed by atoms with Crippen molar-refractivity contribution >= 4 is 12.1 Å². The van der Waals surface area contributed by atoms with E-state index in [2.05, 4.69) is 4.74 Å². The van der Waals surface area contributed by atoms with Gasteiger partial charge in [-0.3, -0.25) is 4.79 Å². The Morgan fingerprint density at radius 2 is 1.91 bits per heavy atom. The van der Waals surface area contributed by atoms with Crippen molar-refractivity contribution in [3.05, 3.63) is 0 Å². The fourth-order valence-electron chi connectivity index (χ4n) is 0.630. The maximum atomic E-state index is 10.2. The van der Waals surface area contributed by atoms with E-state index in [-0.39, 0.29) is 5.97 Å². The van der Waals surface area contributed by atoms with E-state index in [9.17, 15) is 4.79 Å². The second kappa shape index (κ2) is 5.52. The first kappa shape index (κ1) is 9.74. The highest BCUT2D eigenvalue weighted by Gasteiger charge is 2.06. The van der Waals surface area contributed by atoms with E-state index >= 15 is 0 Å². The van der Waals surface area contributed by atoms with Crippen molar-refractivity contribution in [3.63, 3.8) is 0 Å². The molecule has 0 amide bonds. The monoisotopic (exact) mass is 162 g/mol. The van der Waals surface area contributed by atoms with Gasteiger partial charge in [-0.1, -0.05) is 0 Å². The van der Waals surface area contributed by atoms with Crippen LogP contribution in [0.3, 0.4) is 0 Å². The summed E-state index contributed by atoms with van der Waals surface area (Å²) >= 11 is 0. The summed E-state index contributed by atoms with van der Waals surface area (Å²) in [6, 6.07) is 0. The molecule has 64 valence electrons. The number of carbonyl (C=O) groups excluding carboxylic acids is 1. The molecule has 2 N–H and O–H groups in total. The standard InChI is InChI=1S/C5H8O2.CH2O3/c6-5-3-1-2-4-7-5;2-1(3)4/h1-4H2;(H2,2,3,4). The fourth-order valence-corrected chi connectivity index (χ4v) is 0.630. The molecule has 0 aliphatic carbocycles. The van der Waals surface area contributed by atoms with E-state index in [1.54, 1.807) is 0 Å². The highest BCUT2D eigenvalue weighted by atomic mass is 16.6. The molecule has 0 bridgehead atoms. The quantitative estimate of drug-likeness (QED) is 0.518. The smallest absolute Gasteiger partial charge is 0.466 e. The summed E-state index contributed by atoms with van der Waals surface area (Å²) in [5.41, 5.74) is 0. The van der Waals surface area contributed by atoms with Gasteiger partial charge < -0.3 is 14.9 Å². The first-order valence-corrected chi connectivity index (χ1v) is 3.20. The Hall–Kier alpha value is -1.26. The van der Waals surface area contributed by atoms with Crippen molar-refractivity contribution in [2.75, 3.05) is 6.61 Å². The van der Waals surface area contributed by atoms with Crippen LogP contribution < -0.4 is 0 Å². The van der Waals surface area contributed by atoms with Crippen molar-refractivity contribution in [3.8, 4) is 0 Å². The van der Waals surface area contributed by atoms with E-state index < -0.39 is 6.16 Å². The van der Waals surface area contributed by atoms with E-state index in [1.165, 1.54) is 0 Å². The van der Waals surface area contributed by atoms with Crippen LogP contribution in [0.5, 0.6) is 0 Å². The van der Waals surface area contributed by atoms with Crippen LogP contribution in [0.4, 0.5) is 4.79 Å². The average Bonchev–Trinajstić information content (AvgIpc) is 1.87. The first-order chi connectivity index (χ1) is 5.13. The zero-order valence-corrected chi connectivity index (χ0v) is 5.95. The lowest BCUT2D eigenvalue weighted by atomic mass is 10.2. The second-order valence-electron chi connectivity index (χ2n) is 1.96.